The van der Waals surface area contributed by atoms with Crippen molar-refractivity contribution in [3.63, 3.8) is 0 Å². The maximum Gasteiger partial charge on any atom is -0.0233 e. The second-order valence-electron chi connectivity index (χ2n) is 9.38. The zero-order chi connectivity index (χ0) is 16.6. The van der Waals surface area contributed by atoms with Crippen LogP contribution >= 0.6 is 0 Å². The van der Waals surface area contributed by atoms with E-state index in [0.717, 1.165) is 29.6 Å². The summed E-state index contributed by atoms with van der Waals surface area (Å²) in [6.07, 6.45) is 29.2. The van der Waals surface area contributed by atoms with E-state index < -0.39 is 0 Å². The van der Waals surface area contributed by atoms with Gasteiger partial charge < -0.3 is 0 Å². The quantitative estimate of drug-likeness (QED) is 0.434. The van der Waals surface area contributed by atoms with Crippen molar-refractivity contribution < 1.29 is 0 Å². The van der Waals surface area contributed by atoms with Gasteiger partial charge in [0, 0.05) is 0 Å². The molecule has 3 saturated carbocycles. The predicted molar refractivity (Wildman–Crippen MR) is 106 cm³/mol. The van der Waals surface area contributed by atoms with Crippen molar-refractivity contribution in [1.29, 1.82) is 0 Å². The van der Waals surface area contributed by atoms with Crippen molar-refractivity contribution in [3.05, 3.63) is 12.2 Å². The molecule has 0 aliphatic heterocycles. The standard InChI is InChI=1S/C24H42/c1-2-3-7-21-12-16-23(17-13-21)24-18-14-22(15-19-24)11-10-20-8-5-4-6-9-20/h10-11,20-24H,2-9,12-19H2,1H3/b11-10+. The fourth-order valence-electron chi connectivity index (χ4n) is 5.89. The highest BCUT2D eigenvalue weighted by Gasteiger charge is 2.30. The molecule has 0 saturated heterocycles. The molecule has 3 rings (SSSR count). The van der Waals surface area contributed by atoms with E-state index in [9.17, 15) is 0 Å². The monoisotopic (exact) mass is 330 g/mol. The largest absolute Gasteiger partial charge is 0.0851 e. The zero-order valence-electron chi connectivity index (χ0n) is 16.4. The normalized spacial score (nSPS) is 36.2. The lowest BCUT2D eigenvalue weighted by Gasteiger charge is -2.37. The van der Waals surface area contributed by atoms with Gasteiger partial charge in [0.05, 0.1) is 0 Å². The van der Waals surface area contributed by atoms with Crippen LogP contribution in [0.2, 0.25) is 0 Å². The molecule has 0 heterocycles. The molecule has 0 atom stereocenters. The van der Waals surface area contributed by atoms with Gasteiger partial charge in [-0.15, -0.1) is 0 Å². The second kappa shape index (κ2) is 10.0. The molecular weight excluding hydrogens is 288 g/mol. The third-order valence-electron chi connectivity index (χ3n) is 7.65. The highest BCUT2D eigenvalue weighted by atomic mass is 14.4. The molecule has 3 fully saturated rings. The Balaban J connectivity index is 1.34. The van der Waals surface area contributed by atoms with Gasteiger partial charge in [0.15, 0.2) is 0 Å². The summed E-state index contributed by atoms with van der Waals surface area (Å²) < 4.78 is 0. The lowest BCUT2D eigenvalue weighted by atomic mass is 9.68. The molecule has 0 nitrogen and oxygen atoms in total. The SMILES string of the molecule is CCCCC1CCC(C2CCC(/C=C/C3CCCCC3)CC2)CC1. The van der Waals surface area contributed by atoms with Crippen LogP contribution in [-0.4, -0.2) is 0 Å². The van der Waals surface area contributed by atoms with Crippen LogP contribution in [-0.2, 0) is 0 Å². The van der Waals surface area contributed by atoms with Crippen LogP contribution in [0.3, 0.4) is 0 Å². The Kier molecular flexibility index (Phi) is 7.74. The van der Waals surface area contributed by atoms with Gasteiger partial charge in [-0.25, -0.2) is 0 Å². The fraction of sp³-hybridized carbons (Fsp3) is 0.917. The minimum Gasteiger partial charge on any atom is -0.0851 e. The van der Waals surface area contributed by atoms with Crippen LogP contribution in [0, 0.1) is 29.6 Å². The van der Waals surface area contributed by atoms with Crippen molar-refractivity contribution >= 4 is 0 Å². The van der Waals surface area contributed by atoms with Crippen LogP contribution in [0.5, 0.6) is 0 Å². The van der Waals surface area contributed by atoms with Gasteiger partial charge in [0.1, 0.15) is 0 Å². The van der Waals surface area contributed by atoms with Gasteiger partial charge in [-0.1, -0.05) is 70.4 Å². The van der Waals surface area contributed by atoms with E-state index in [1.54, 1.807) is 25.7 Å². The number of hydrogen-bond donors (Lipinski definition) is 0. The Morgan fingerprint density at radius 2 is 1.17 bits per heavy atom. The van der Waals surface area contributed by atoms with Crippen molar-refractivity contribution in [2.45, 2.75) is 110 Å². The summed E-state index contributed by atoms with van der Waals surface area (Å²) >= 11 is 0. The topological polar surface area (TPSA) is 0 Å². The molecule has 3 aliphatic carbocycles. The smallest absolute Gasteiger partial charge is 0.0233 e. The highest BCUT2D eigenvalue weighted by Crippen LogP contribution is 2.42. The number of allylic oxidation sites excluding steroid dienone is 2. The first-order chi connectivity index (χ1) is 11.8. The van der Waals surface area contributed by atoms with Gasteiger partial charge in [-0.2, -0.15) is 0 Å². The van der Waals surface area contributed by atoms with E-state index in [1.807, 2.05) is 0 Å². The lowest BCUT2D eigenvalue weighted by molar-refractivity contribution is 0.151. The minimum absolute atomic E-state index is 0.920. The van der Waals surface area contributed by atoms with Gasteiger partial charge in [-0.3, -0.25) is 0 Å². The van der Waals surface area contributed by atoms with Gasteiger partial charge in [0.25, 0.3) is 0 Å². The molecule has 0 N–H and O–H groups in total. The Bertz CT molecular complexity index is 346. The summed E-state index contributed by atoms with van der Waals surface area (Å²) in [4.78, 5) is 0. The lowest BCUT2D eigenvalue weighted by Crippen LogP contribution is -2.25. The van der Waals surface area contributed by atoms with Crippen molar-refractivity contribution in [2.75, 3.05) is 0 Å². The third kappa shape index (κ3) is 5.63. The number of unbranched alkanes of at least 4 members (excludes halogenated alkanes) is 1. The molecule has 0 aromatic rings. The number of rotatable bonds is 6. The van der Waals surface area contributed by atoms with E-state index in [4.69, 9.17) is 0 Å². The predicted octanol–water partition coefficient (Wildman–Crippen LogP) is 7.93. The maximum absolute atomic E-state index is 2.63. The van der Waals surface area contributed by atoms with Gasteiger partial charge in [-0.05, 0) is 81.0 Å². The summed E-state index contributed by atoms with van der Waals surface area (Å²) in [5, 5.41) is 0. The highest BCUT2D eigenvalue weighted by molar-refractivity contribution is 4.96. The first-order valence-corrected chi connectivity index (χ1v) is 11.5. The molecule has 0 spiro atoms. The third-order valence-corrected chi connectivity index (χ3v) is 7.65. The molecule has 0 aromatic carbocycles. The Morgan fingerprint density at radius 3 is 1.75 bits per heavy atom. The second-order valence-corrected chi connectivity index (χ2v) is 9.38. The molecule has 24 heavy (non-hydrogen) atoms. The molecule has 3 aliphatic rings. The molecule has 0 amide bonds. The summed E-state index contributed by atoms with van der Waals surface area (Å²) in [7, 11) is 0. The molecule has 0 unspecified atom stereocenters. The Morgan fingerprint density at radius 1 is 0.625 bits per heavy atom. The Labute approximate surface area is 151 Å². The van der Waals surface area contributed by atoms with E-state index in [-0.39, 0.29) is 0 Å². The fourth-order valence-corrected chi connectivity index (χ4v) is 5.89. The van der Waals surface area contributed by atoms with E-state index >= 15 is 0 Å². The Hall–Kier alpha value is -0.260. The molecular formula is C24H42. The molecule has 0 radical (unpaired) electrons. The van der Waals surface area contributed by atoms with Crippen LogP contribution in [0.1, 0.15) is 110 Å². The average Bonchev–Trinajstić information content (AvgIpc) is 2.66. The summed E-state index contributed by atoms with van der Waals surface area (Å²) in [6.45, 7) is 2.34. The number of hydrogen-bond acceptors (Lipinski definition) is 0. The van der Waals surface area contributed by atoms with Crippen molar-refractivity contribution in [3.8, 4) is 0 Å². The van der Waals surface area contributed by atoms with Crippen LogP contribution in [0.15, 0.2) is 12.2 Å². The van der Waals surface area contributed by atoms with Gasteiger partial charge >= 0.3 is 0 Å². The first-order valence-electron chi connectivity index (χ1n) is 11.5. The van der Waals surface area contributed by atoms with Crippen LogP contribution in [0.4, 0.5) is 0 Å². The minimum atomic E-state index is 0.920. The summed E-state index contributed by atoms with van der Waals surface area (Å²) in [6, 6.07) is 0. The zero-order valence-corrected chi connectivity index (χ0v) is 16.4. The van der Waals surface area contributed by atoms with Gasteiger partial charge in [0.2, 0.25) is 0 Å². The average molecular weight is 331 g/mol. The molecule has 0 aromatic heterocycles. The van der Waals surface area contributed by atoms with E-state index in [2.05, 4.69) is 19.1 Å². The summed E-state index contributed by atoms with van der Waals surface area (Å²) in [5.41, 5.74) is 0. The van der Waals surface area contributed by atoms with E-state index in [0.29, 0.717) is 0 Å². The molecule has 0 bridgehead atoms. The molecule has 0 heteroatoms. The first kappa shape index (κ1) is 18.5. The van der Waals surface area contributed by atoms with Crippen molar-refractivity contribution in [1.82, 2.24) is 0 Å². The van der Waals surface area contributed by atoms with Crippen molar-refractivity contribution in [2.24, 2.45) is 29.6 Å². The maximum atomic E-state index is 2.63. The van der Waals surface area contributed by atoms with Crippen LogP contribution in [0.25, 0.3) is 0 Å². The summed E-state index contributed by atoms with van der Waals surface area (Å²) in [5.74, 6) is 5.09. The molecule has 138 valence electrons. The van der Waals surface area contributed by atoms with E-state index in [1.165, 1.54) is 77.0 Å². The van der Waals surface area contributed by atoms with Crippen LogP contribution < -0.4 is 0 Å².